The van der Waals surface area contributed by atoms with Crippen LogP contribution in [0.3, 0.4) is 0 Å². The Morgan fingerprint density at radius 3 is 2.48 bits per heavy atom. The number of allylic oxidation sites excluding steroid dienone is 1. The third kappa shape index (κ3) is 4.07. The fourth-order valence-electron chi connectivity index (χ4n) is 2.76. The molecule has 2 aromatic carbocycles. The Hall–Kier alpha value is -2.57. The van der Waals surface area contributed by atoms with Gasteiger partial charge in [-0.05, 0) is 29.8 Å². The van der Waals surface area contributed by atoms with Crippen molar-refractivity contribution in [3.63, 3.8) is 0 Å². The van der Waals surface area contributed by atoms with Crippen molar-refractivity contribution in [2.45, 2.75) is 13.0 Å². The number of carbonyl (C=O) groups is 1. The molecule has 0 spiro atoms. The molecule has 0 N–H and O–H groups in total. The van der Waals surface area contributed by atoms with Crippen LogP contribution in [0.4, 0.5) is 0 Å². The quantitative estimate of drug-likeness (QED) is 0.580. The maximum absolute atomic E-state index is 12.5. The second-order valence-corrected chi connectivity index (χ2v) is 7.15. The maximum Gasteiger partial charge on any atom is 0.252 e. The molecule has 27 heavy (non-hydrogen) atoms. The Kier molecular flexibility index (Phi) is 5.98. The van der Waals surface area contributed by atoms with Crippen LogP contribution in [0.25, 0.3) is 10.2 Å². The number of thiazole rings is 1. The lowest BCUT2D eigenvalue weighted by molar-refractivity contribution is -0.117. The number of rotatable bonds is 6. The number of methoxy groups -OCH3 is 2. The predicted molar refractivity (Wildman–Crippen MR) is 109 cm³/mol. The van der Waals surface area contributed by atoms with Crippen LogP contribution < -0.4 is 14.3 Å². The van der Waals surface area contributed by atoms with Crippen molar-refractivity contribution in [1.29, 1.82) is 0 Å². The van der Waals surface area contributed by atoms with Gasteiger partial charge in [-0.25, -0.2) is 0 Å². The Bertz CT molecular complexity index is 1050. The first-order valence-electron chi connectivity index (χ1n) is 8.24. The van der Waals surface area contributed by atoms with Gasteiger partial charge in [0.25, 0.3) is 5.91 Å². The summed E-state index contributed by atoms with van der Waals surface area (Å²) in [5, 5.41) is 0.635. The van der Waals surface area contributed by atoms with E-state index in [1.807, 2.05) is 28.8 Å². The fourth-order valence-corrected chi connectivity index (χ4v) is 4.05. The Morgan fingerprint density at radius 2 is 1.85 bits per heavy atom. The smallest absolute Gasteiger partial charge is 0.252 e. The Balaban J connectivity index is 2.10. The number of benzene rings is 2. The standard InChI is InChI=1S/C20H19ClN2O3S/c1-4-11-23-18-15(25-2)9-10-16(26-3)19(18)27-20(23)22-17(24)12-13-5-7-14(21)8-6-13/h4-10H,1,11-12H2,2-3H3. The molecule has 0 bridgehead atoms. The van der Waals surface area contributed by atoms with Gasteiger partial charge in [0.1, 0.15) is 21.7 Å². The monoisotopic (exact) mass is 402 g/mol. The fraction of sp³-hybridized carbons (Fsp3) is 0.200. The molecule has 3 rings (SSSR count). The zero-order valence-corrected chi connectivity index (χ0v) is 16.6. The molecule has 0 aliphatic heterocycles. The van der Waals surface area contributed by atoms with Gasteiger partial charge in [0, 0.05) is 11.6 Å². The van der Waals surface area contributed by atoms with Crippen molar-refractivity contribution < 1.29 is 14.3 Å². The summed E-state index contributed by atoms with van der Waals surface area (Å²) in [5.41, 5.74) is 1.69. The van der Waals surface area contributed by atoms with Crippen molar-refractivity contribution in [3.8, 4) is 11.5 Å². The number of amides is 1. The molecule has 0 aliphatic rings. The van der Waals surface area contributed by atoms with Crippen molar-refractivity contribution in [3.05, 3.63) is 64.4 Å². The number of ether oxygens (including phenoxy) is 2. The molecule has 0 saturated carbocycles. The van der Waals surface area contributed by atoms with Crippen LogP contribution in [-0.4, -0.2) is 24.7 Å². The number of fused-ring (bicyclic) bond motifs is 1. The van der Waals surface area contributed by atoms with Crippen LogP contribution in [0.15, 0.2) is 54.0 Å². The predicted octanol–water partition coefficient (Wildman–Crippen LogP) is 4.23. The summed E-state index contributed by atoms with van der Waals surface area (Å²) in [4.78, 5) is 17.4. The average molecular weight is 403 g/mol. The van der Waals surface area contributed by atoms with Crippen molar-refractivity contribution in [2.75, 3.05) is 14.2 Å². The number of nitrogens with zero attached hydrogens (tertiary/aromatic N) is 2. The van der Waals surface area contributed by atoms with Gasteiger partial charge in [0.15, 0.2) is 4.80 Å². The summed E-state index contributed by atoms with van der Waals surface area (Å²) in [6, 6.07) is 10.9. The summed E-state index contributed by atoms with van der Waals surface area (Å²) >= 11 is 7.28. The number of hydrogen-bond acceptors (Lipinski definition) is 4. The van der Waals surface area contributed by atoms with Gasteiger partial charge in [0.05, 0.1) is 20.6 Å². The van der Waals surface area contributed by atoms with Gasteiger partial charge in [-0.2, -0.15) is 4.99 Å². The molecule has 0 atom stereocenters. The lowest BCUT2D eigenvalue weighted by Gasteiger charge is -2.08. The van der Waals surface area contributed by atoms with Crippen LogP contribution in [-0.2, 0) is 17.8 Å². The largest absolute Gasteiger partial charge is 0.495 e. The summed E-state index contributed by atoms with van der Waals surface area (Å²) in [6.07, 6.45) is 1.96. The number of carbonyl (C=O) groups excluding carboxylic acids is 1. The zero-order valence-electron chi connectivity index (χ0n) is 15.1. The van der Waals surface area contributed by atoms with E-state index in [0.29, 0.717) is 27.9 Å². The molecule has 1 aromatic heterocycles. The van der Waals surface area contributed by atoms with E-state index < -0.39 is 0 Å². The first-order valence-corrected chi connectivity index (χ1v) is 9.44. The van der Waals surface area contributed by atoms with Crippen LogP contribution in [0.2, 0.25) is 5.02 Å². The van der Waals surface area contributed by atoms with Gasteiger partial charge in [0.2, 0.25) is 0 Å². The lowest BCUT2D eigenvalue weighted by Crippen LogP contribution is -2.17. The summed E-state index contributed by atoms with van der Waals surface area (Å²) in [7, 11) is 3.22. The number of aromatic nitrogens is 1. The Labute approximate surface area is 166 Å². The second kappa shape index (κ2) is 8.41. The van der Waals surface area contributed by atoms with Gasteiger partial charge in [-0.3, -0.25) is 4.79 Å². The summed E-state index contributed by atoms with van der Waals surface area (Å²) in [6.45, 7) is 4.31. The van der Waals surface area contributed by atoms with Crippen molar-refractivity contribution in [1.82, 2.24) is 4.57 Å². The second-order valence-electron chi connectivity index (χ2n) is 5.74. The van der Waals surface area contributed by atoms with Crippen molar-refractivity contribution >= 4 is 39.1 Å². The normalized spacial score (nSPS) is 11.6. The Morgan fingerprint density at radius 1 is 1.19 bits per heavy atom. The SMILES string of the molecule is C=CCn1c(=NC(=O)Cc2ccc(Cl)cc2)sc2c(OC)ccc(OC)c21. The van der Waals surface area contributed by atoms with E-state index in [1.165, 1.54) is 11.3 Å². The van der Waals surface area contributed by atoms with Gasteiger partial charge < -0.3 is 14.0 Å². The van der Waals surface area contributed by atoms with Gasteiger partial charge >= 0.3 is 0 Å². The van der Waals surface area contributed by atoms with E-state index in [0.717, 1.165) is 15.8 Å². The minimum absolute atomic E-state index is 0.202. The van der Waals surface area contributed by atoms with Crippen LogP contribution in [0, 0.1) is 0 Å². The molecule has 0 radical (unpaired) electrons. The highest BCUT2D eigenvalue weighted by Gasteiger charge is 2.16. The molecular weight excluding hydrogens is 384 g/mol. The van der Waals surface area contributed by atoms with Gasteiger partial charge in [-0.15, -0.1) is 6.58 Å². The van der Waals surface area contributed by atoms with E-state index in [-0.39, 0.29) is 12.3 Å². The third-order valence-electron chi connectivity index (χ3n) is 3.99. The number of hydrogen-bond donors (Lipinski definition) is 0. The van der Waals surface area contributed by atoms with E-state index in [4.69, 9.17) is 21.1 Å². The summed E-state index contributed by atoms with van der Waals surface area (Å²) in [5.74, 6) is 1.16. The molecule has 7 heteroatoms. The van der Waals surface area contributed by atoms with Gasteiger partial charge in [-0.1, -0.05) is 41.1 Å². The topological polar surface area (TPSA) is 52.8 Å². The third-order valence-corrected chi connectivity index (χ3v) is 5.34. The highest BCUT2D eigenvalue weighted by Crippen LogP contribution is 2.35. The molecule has 5 nitrogen and oxygen atoms in total. The molecule has 0 aliphatic carbocycles. The first kappa shape index (κ1) is 19.2. The molecule has 1 heterocycles. The maximum atomic E-state index is 12.5. The lowest BCUT2D eigenvalue weighted by atomic mass is 10.1. The van der Waals surface area contributed by atoms with Crippen molar-refractivity contribution in [2.24, 2.45) is 4.99 Å². The first-order chi connectivity index (χ1) is 13.1. The van der Waals surface area contributed by atoms with Crippen LogP contribution in [0.5, 0.6) is 11.5 Å². The average Bonchev–Trinajstić information content (AvgIpc) is 3.01. The molecule has 3 aromatic rings. The van der Waals surface area contributed by atoms with E-state index in [9.17, 15) is 4.79 Å². The van der Waals surface area contributed by atoms with E-state index in [1.54, 1.807) is 32.4 Å². The molecule has 0 fully saturated rings. The van der Waals surface area contributed by atoms with Crippen LogP contribution in [0.1, 0.15) is 5.56 Å². The van der Waals surface area contributed by atoms with E-state index in [2.05, 4.69) is 11.6 Å². The molecule has 0 unspecified atom stereocenters. The molecule has 0 saturated heterocycles. The minimum atomic E-state index is -0.236. The molecular formula is C20H19ClN2O3S. The molecule has 1 amide bonds. The zero-order chi connectivity index (χ0) is 19.4. The highest BCUT2D eigenvalue weighted by molar-refractivity contribution is 7.16. The molecule has 140 valence electrons. The van der Waals surface area contributed by atoms with Crippen LogP contribution >= 0.6 is 22.9 Å². The highest BCUT2D eigenvalue weighted by atomic mass is 35.5. The summed E-state index contributed by atoms with van der Waals surface area (Å²) < 4.78 is 13.7. The van der Waals surface area contributed by atoms with E-state index >= 15 is 0 Å². The minimum Gasteiger partial charge on any atom is -0.495 e. The number of halogens is 1.